The molecular weight excluding hydrogens is 398 g/mol. The Morgan fingerprint density at radius 3 is 2.36 bits per heavy atom. The molecule has 2 N–H and O–H groups in total. The first-order valence-electron chi connectivity index (χ1n) is 8.96. The Hall–Kier alpha value is -2.09. The largest absolute Gasteiger partial charge is 0.337 e. The van der Waals surface area contributed by atoms with Crippen LogP contribution in [0.3, 0.4) is 0 Å². The topological polar surface area (TPSA) is 78.5 Å². The van der Waals surface area contributed by atoms with Crippen molar-refractivity contribution < 1.29 is 13.2 Å². The molecular formula is C20H26ClN3O3S. The molecule has 1 aliphatic heterocycles. The van der Waals surface area contributed by atoms with Gasteiger partial charge in [0.1, 0.15) is 0 Å². The molecule has 1 atom stereocenters. The maximum absolute atomic E-state index is 12.6. The number of amides is 1. The van der Waals surface area contributed by atoms with Crippen molar-refractivity contribution in [2.24, 2.45) is 0 Å². The average Bonchev–Trinajstić information content (AvgIpc) is 3.18. The monoisotopic (exact) mass is 423 g/mol. The fourth-order valence-corrected chi connectivity index (χ4v) is 4.18. The van der Waals surface area contributed by atoms with Gasteiger partial charge in [0.2, 0.25) is 0 Å². The van der Waals surface area contributed by atoms with Gasteiger partial charge in [0, 0.05) is 30.9 Å². The van der Waals surface area contributed by atoms with E-state index in [1.807, 2.05) is 19.9 Å². The Morgan fingerprint density at radius 1 is 1.11 bits per heavy atom. The minimum Gasteiger partial charge on any atom is -0.337 e. The van der Waals surface area contributed by atoms with E-state index in [1.165, 1.54) is 12.1 Å². The lowest BCUT2D eigenvalue weighted by Crippen LogP contribution is -2.38. The third kappa shape index (κ3) is 4.84. The van der Waals surface area contributed by atoms with Crippen LogP contribution in [0, 0.1) is 13.8 Å². The summed E-state index contributed by atoms with van der Waals surface area (Å²) < 4.78 is 27.8. The van der Waals surface area contributed by atoms with Gasteiger partial charge in [0.15, 0.2) is 0 Å². The number of carbonyl (C=O) groups excluding carboxylic acids is 1. The van der Waals surface area contributed by atoms with Crippen molar-refractivity contribution in [3.8, 4) is 0 Å². The van der Waals surface area contributed by atoms with Gasteiger partial charge in [-0.3, -0.25) is 9.52 Å². The van der Waals surface area contributed by atoms with Gasteiger partial charge in [-0.1, -0.05) is 6.07 Å². The summed E-state index contributed by atoms with van der Waals surface area (Å²) in [6.07, 6.45) is 0.925. The molecule has 0 bridgehead atoms. The number of nitrogens with one attached hydrogen (secondary N) is 2. The molecule has 1 saturated heterocycles. The number of likely N-dealkylation sites (N-methyl/N-ethyl adjacent to an activating group) is 1. The van der Waals surface area contributed by atoms with Crippen molar-refractivity contribution in [3.63, 3.8) is 0 Å². The van der Waals surface area contributed by atoms with E-state index in [4.69, 9.17) is 0 Å². The molecule has 6 nitrogen and oxygen atoms in total. The lowest BCUT2D eigenvalue weighted by atomic mass is 10.1. The zero-order valence-electron chi connectivity index (χ0n) is 16.2. The van der Waals surface area contributed by atoms with Crippen molar-refractivity contribution in [2.75, 3.05) is 24.9 Å². The fraction of sp³-hybridized carbons (Fsp3) is 0.350. The molecule has 1 unspecified atom stereocenters. The number of nitrogens with zero attached hydrogens (tertiary/aromatic N) is 1. The van der Waals surface area contributed by atoms with Crippen molar-refractivity contribution in [3.05, 3.63) is 59.2 Å². The molecule has 1 heterocycles. The highest BCUT2D eigenvalue weighted by Gasteiger charge is 2.24. The van der Waals surface area contributed by atoms with Crippen LogP contribution in [-0.4, -0.2) is 45.4 Å². The standard InChI is InChI=1S/C20H25N3O3S.ClH/c1-14-4-7-17(12-15(14)2)22-27(25,26)19-8-5-16(6-9-19)20(24)23(3)18-10-11-21-13-18;/h4-9,12,18,21-22H,10-11,13H2,1-3H3;1H. The Bertz CT molecular complexity index is 940. The van der Waals surface area contributed by atoms with Gasteiger partial charge < -0.3 is 10.2 Å². The number of hydrogen-bond acceptors (Lipinski definition) is 4. The maximum atomic E-state index is 12.6. The number of anilines is 1. The number of hydrogen-bond donors (Lipinski definition) is 2. The average molecular weight is 424 g/mol. The lowest BCUT2D eigenvalue weighted by molar-refractivity contribution is 0.0743. The van der Waals surface area contributed by atoms with E-state index in [-0.39, 0.29) is 29.3 Å². The molecule has 1 aliphatic rings. The molecule has 3 rings (SSSR count). The quantitative estimate of drug-likeness (QED) is 0.774. The predicted octanol–water partition coefficient (Wildman–Crippen LogP) is 2.96. The number of carbonyl (C=O) groups is 1. The van der Waals surface area contributed by atoms with Crippen LogP contribution in [0.2, 0.25) is 0 Å². The molecule has 1 amide bonds. The lowest BCUT2D eigenvalue weighted by Gasteiger charge is -2.23. The van der Waals surface area contributed by atoms with Gasteiger partial charge in [-0.25, -0.2) is 8.42 Å². The molecule has 0 spiro atoms. The van der Waals surface area contributed by atoms with E-state index in [0.717, 1.165) is 30.6 Å². The second-order valence-electron chi connectivity index (χ2n) is 6.99. The second kappa shape index (κ2) is 8.94. The van der Waals surface area contributed by atoms with Crippen LogP contribution in [0.25, 0.3) is 0 Å². The highest BCUT2D eigenvalue weighted by Crippen LogP contribution is 2.20. The molecule has 0 aliphatic carbocycles. The minimum absolute atomic E-state index is 0. The third-order valence-corrected chi connectivity index (χ3v) is 6.47. The van der Waals surface area contributed by atoms with E-state index < -0.39 is 10.0 Å². The van der Waals surface area contributed by atoms with E-state index >= 15 is 0 Å². The summed E-state index contributed by atoms with van der Waals surface area (Å²) >= 11 is 0. The summed E-state index contributed by atoms with van der Waals surface area (Å²) in [5.74, 6) is -0.102. The van der Waals surface area contributed by atoms with Gasteiger partial charge in [-0.05, 0) is 74.3 Å². The summed E-state index contributed by atoms with van der Waals surface area (Å²) in [5.41, 5.74) is 3.12. The van der Waals surface area contributed by atoms with E-state index in [9.17, 15) is 13.2 Å². The summed E-state index contributed by atoms with van der Waals surface area (Å²) in [6, 6.07) is 11.7. The molecule has 8 heteroatoms. The third-order valence-electron chi connectivity index (χ3n) is 5.07. The second-order valence-corrected chi connectivity index (χ2v) is 8.67. The van der Waals surface area contributed by atoms with E-state index in [2.05, 4.69) is 10.0 Å². The van der Waals surface area contributed by atoms with Gasteiger partial charge in [0.05, 0.1) is 4.90 Å². The normalized spacial score (nSPS) is 16.3. The Morgan fingerprint density at radius 2 is 1.79 bits per heavy atom. The van der Waals surface area contributed by atoms with E-state index in [1.54, 1.807) is 36.2 Å². The molecule has 0 radical (unpaired) electrons. The number of aryl methyl sites for hydroxylation is 2. The minimum atomic E-state index is -3.71. The first kappa shape index (κ1) is 22.2. The van der Waals surface area contributed by atoms with Gasteiger partial charge >= 0.3 is 0 Å². The summed E-state index contributed by atoms with van der Waals surface area (Å²) in [5, 5.41) is 3.24. The Labute approximate surface area is 172 Å². The van der Waals surface area contributed by atoms with Crippen molar-refractivity contribution in [2.45, 2.75) is 31.2 Å². The van der Waals surface area contributed by atoms with Gasteiger partial charge in [-0.2, -0.15) is 0 Å². The molecule has 0 saturated carbocycles. The SMILES string of the molecule is Cc1ccc(NS(=O)(=O)c2ccc(C(=O)N(C)C3CCNC3)cc2)cc1C.Cl. The molecule has 1 fully saturated rings. The number of sulfonamides is 1. The summed E-state index contributed by atoms with van der Waals surface area (Å²) in [7, 11) is -1.92. The van der Waals surface area contributed by atoms with Crippen LogP contribution in [0.5, 0.6) is 0 Å². The molecule has 28 heavy (non-hydrogen) atoms. The number of halogens is 1. The van der Waals surface area contributed by atoms with Crippen LogP contribution >= 0.6 is 12.4 Å². The zero-order chi connectivity index (χ0) is 19.6. The fourth-order valence-electron chi connectivity index (χ4n) is 3.14. The molecule has 2 aromatic rings. The highest BCUT2D eigenvalue weighted by molar-refractivity contribution is 7.92. The number of rotatable bonds is 5. The van der Waals surface area contributed by atoms with E-state index in [0.29, 0.717) is 11.3 Å². The van der Waals surface area contributed by atoms with Crippen LogP contribution < -0.4 is 10.0 Å². The van der Waals surface area contributed by atoms with Crippen LogP contribution in [0.1, 0.15) is 27.9 Å². The first-order valence-corrected chi connectivity index (χ1v) is 10.4. The summed E-state index contributed by atoms with van der Waals surface area (Å²) in [6.45, 7) is 5.60. The van der Waals surface area contributed by atoms with Crippen LogP contribution in [0.4, 0.5) is 5.69 Å². The van der Waals surface area contributed by atoms with Gasteiger partial charge in [0.25, 0.3) is 15.9 Å². The first-order chi connectivity index (χ1) is 12.8. The maximum Gasteiger partial charge on any atom is 0.261 e. The zero-order valence-corrected chi connectivity index (χ0v) is 17.9. The van der Waals surface area contributed by atoms with Crippen molar-refractivity contribution in [1.82, 2.24) is 10.2 Å². The van der Waals surface area contributed by atoms with Crippen molar-refractivity contribution in [1.29, 1.82) is 0 Å². The Balaban J connectivity index is 0.00000280. The van der Waals surface area contributed by atoms with Crippen LogP contribution in [-0.2, 0) is 10.0 Å². The summed E-state index contributed by atoms with van der Waals surface area (Å²) in [4.78, 5) is 14.4. The van der Waals surface area contributed by atoms with Crippen LogP contribution in [0.15, 0.2) is 47.4 Å². The van der Waals surface area contributed by atoms with Gasteiger partial charge in [-0.15, -0.1) is 12.4 Å². The highest BCUT2D eigenvalue weighted by atomic mass is 35.5. The smallest absolute Gasteiger partial charge is 0.261 e. The Kier molecular flexibility index (Phi) is 7.09. The molecule has 152 valence electrons. The number of benzene rings is 2. The van der Waals surface area contributed by atoms with Crippen molar-refractivity contribution >= 4 is 34.0 Å². The molecule has 0 aromatic heterocycles. The predicted molar refractivity (Wildman–Crippen MR) is 114 cm³/mol. The molecule has 2 aromatic carbocycles.